The molecule has 1 atom stereocenters. The summed E-state index contributed by atoms with van der Waals surface area (Å²) < 4.78 is 26.8. The highest BCUT2D eigenvalue weighted by Gasteiger charge is 2.33. The van der Waals surface area contributed by atoms with Crippen LogP contribution in [-0.2, 0) is 16.6 Å². The lowest BCUT2D eigenvalue weighted by Gasteiger charge is -2.34. The Morgan fingerprint density at radius 3 is 2.35 bits per heavy atom. The summed E-state index contributed by atoms with van der Waals surface area (Å²) in [6.45, 7) is 8.17. The minimum Gasteiger partial charge on any atom is -0.326 e. The van der Waals surface area contributed by atoms with Gasteiger partial charge in [-0.2, -0.15) is 4.31 Å². The molecule has 6 heteroatoms. The first-order chi connectivity index (χ1) is 9.01. The summed E-state index contributed by atoms with van der Waals surface area (Å²) in [7, 11) is -2.06. The van der Waals surface area contributed by atoms with Gasteiger partial charge >= 0.3 is 0 Å². The van der Waals surface area contributed by atoms with Gasteiger partial charge in [0.1, 0.15) is 4.90 Å². The lowest BCUT2D eigenvalue weighted by molar-refractivity contribution is 0.216. The summed E-state index contributed by atoms with van der Waals surface area (Å²) >= 11 is 6.05. The molecule has 0 amide bonds. The Hall–Kier alpha value is -0.620. The van der Waals surface area contributed by atoms with Gasteiger partial charge in [-0.3, -0.25) is 0 Å². The maximum Gasteiger partial charge on any atom is 0.244 e. The minimum absolute atomic E-state index is 0.112. The average molecular weight is 319 g/mol. The SMILES string of the molecule is CC(N(C)S(=O)(=O)c1cc(CN)ccc1Cl)C(C)(C)C. The van der Waals surface area contributed by atoms with E-state index in [4.69, 9.17) is 17.3 Å². The molecule has 4 nitrogen and oxygen atoms in total. The van der Waals surface area contributed by atoms with E-state index in [1.165, 1.54) is 4.31 Å². The van der Waals surface area contributed by atoms with Crippen LogP contribution in [0.3, 0.4) is 0 Å². The molecule has 0 spiro atoms. The number of nitrogens with zero attached hydrogens (tertiary/aromatic N) is 1. The van der Waals surface area contributed by atoms with Gasteiger partial charge in [0, 0.05) is 19.6 Å². The van der Waals surface area contributed by atoms with Crippen LogP contribution in [0.2, 0.25) is 5.02 Å². The second-order valence-corrected chi connectivity index (χ2v) is 8.41. The molecular weight excluding hydrogens is 296 g/mol. The van der Waals surface area contributed by atoms with Gasteiger partial charge in [0.25, 0.3) is 0 Å². The molecule has 0 heterocycles. The van der Waals surface area contributed by atoms with Gasteiger partial charge < -0.3 is 5.73 Å². The Labute approximate surface area is 127 Å². The molecule has 0 bridgehead atoms. The van der Waals surface area contributed by atoms with Crippen LogP contribution >= 0.6 is 11.6 Å². The first-order valence-electron chi connectivity index (χ1n) is 6.48. The highest BCUT2D eigenvalue weighted by Crippen LogP contribution is 2.31. The topological polar surface area (TPSA) is 63.4 Å². The summed E-state index contributed by atoms with van der Waals surface area (Å²) in [4.78, 5) is 0.112. The third kappa shape index (κ3) is 3.52. The molecule has 1 unspecified atom stereocenters. The summed E-state index contributed by atoms with van der Waals surface area (Å²) in [6.07, 6.45) is 0. The monoisotopic (exact) mass is 318 g/mol. The second-order valence-electron chi connectivity index (χ2n) is 6.03. The van der Waals surface area contributed by atoms with Gasteiger partial charge in [0.2, 0.25) is 10.0 Å². The smallest absolute Gasteiger partial charge is 0.244 e. The summed E-state index contributed by atoms with van der Waals surface area (Å²) in [5.74, 6) is 0. The van der Waals surface area contributed by atoms with Crippen molar-refractivity contribution in [1.82, 2.24) is 4.31 Å². The molecule has 114 valence electrons. The van der Waals surface area contributed by atoms with Gasteiger partial charge in [-0.15, -0.1) is 0 Å². The number of hydrogen-bond acceptors (Lipinski definition) is 3. The summed E-state index contributed by atoms with van der Waals surface area (Å²) in [5.41, 5.74) is 6.14. The Balaban J connectivity index is 3.30. The number of hydrogen-bond donors (Lipinski definition) is 1. The van der Waals surface area contributed by atoms with Gasteiger partial charge in [0.15, 0.2) is 0 Å². The minimum atomic E-state index is -3.64. The van der Waals surface area contributed by atoms with Crippen molar-refractivity contribution in [1.29, 1.82) is 0 Å². The first kappa shape index (κ1) is 17.4. The number of benzene rings is 1. The zero-order chi connectivity index (χ0) is 15.7. The van der Waals surface area contributed by atoms with Crippen molar-refractivity contribution in [3.05, 3.63) is 28.8 Å². The Bertz CT molecular complexity index is 579. The van der Waals surface area contributed by atoms with Crippen molar-refractivity contribution >= 4 is 21.6 Å². The van der Waals surface area contributed by atoms with Crippen molar-refractivity contribution in [3.8, 4) is 0 Å². The zero-order valence-electron chi connectivity index (χ0n) is 12.6. The number of rotatable bonds is 4. The first-order valence-corrected chi connectivity index (χ1v) is 8.30. The van der Waals surface area contributed by atoms with Crippen LogP contribution < -0.4 is 5.73 Å². The van der Waals surface area contributed by atoms with Gasteiger partial charge in [-0.25, -0.2) is 8.42 Å². The van der Waals surface area contributed by atoms with Gasteiger partial charge in [-0.1, -0.05) is 38.4 Å². The third-order valence-corrected chi connectivity index (χ3v) is 6.10. The normalized spacial score (nSPS) is 14.6. The molecule has 0 aliphatic rings. The molecule has 0 fully saturated rings. The van der Waals surface area contributed by atoms with Gasteiger partial charge in [-0.05, 0) is 30.0 Å². The number of nitrogens with two attached hydrogens (primary N) is 1. The van der Waals surface area contributed by atoms with E-state index in [2.05, 4.69) is 0 Å². The molecule has 0 saturated carbocycles. The van der Waals surface area contributed by atoms with E-state index >= 15 is 0 Å². The molecular formula is C14H23ClN2O2S. The molecule has 0 aromatic heterocycles. The molecule has 0 saturated heterocycles. The van der Waals surface area contributed by atoms with Crippen molar-refractivity contribution < 1.29 is 8.42 Å². The van der Waals surface area contributed by atoms with E-state index in [9.17, 15) is 8.42 Å². The molecule has 0 aliphatic carbocycles. The van der Waals surface area contributed by atoms with Crippen molar-refractivity contribution in [2.24, 2.45) is 11.1 Å². The van der Waals surface area contributed by atoms with Crippen molar-refractivity contribution in [3.63, 3.8) is 0 Å². The molecule has 1 rings (SSSR count). The molecule has 2 N–H and O–H groups in total. The van der Waals surface area contributed by atoms with Crippen LogP contribution in [0.4, 0.5) is 0 Å². The predicted molar refractivity (Wildman–Crippen MR) is 83.2 cm³/mol. The van der Waals surface area contributed by atoms with Gasteiger partial charge in [0.05, 0.1) is 5.02 Å². The summed E-state index contributed by atoms with van der Waals surface area (Å²) in [5, 5.41) is 0.218. The van der Waals surface area contributed by atoms with Crippen LogP contribution in [0.1, 0.15) is 33.3 Å². The van der Waals surface area contributed by atoms with Crippen LogP contribution in [-0.4, -0.2) is 25.8 Å². The van der Waals surface area contributed by atoms with E-state index in [1.807, 2.05) is 27.7 Å². The van der Waals surface area contributed by atoms with Crippen LogP contribution in [0.5, 0.6) is 0 Å². The lowest BCUT2D eigenvalue weighted by atomic mass is 9.88. The fourth-order valence-electron chi connectivity index (χ4n) is 1.78. The van der Waals surface area contributed by atoms with Crippen molar-refractivity contribution in [2.45, 2.75) is 45.2 Å². The van der Waals surface area contributed by atoms with E-state index in [0.29, 0.717) is 0 Å². The maximum absolute atomic E-state index is 12.7. The van der Waals surface area contributed by atoms with Crippen LogP contribution in [0.25, 0.3) is 0 Å². The number of sulfonamides is 1. The Kier molecular flexibility index (Phi) is 5.24. The quantitative estimate of drug-likeness (QED) is 0.928. The largest absolute Gasteiger partial charge is 0.326 e. The third-order valence-electron chi connectivity index (χ3n) is 3.69. The van der Waals surface area contributed by atoms with E-state index in [0.717, 1.165) is 5.56 Å². The predicted octanol–water partition coefficient (Wildman–Crippen LogP) is 2.85. The Morgan fingerprint density at radius 2 is 1.90 bits per heavy atom. The maximum atomic E-state index is 12.7. The molecule has 1 aromatic rings. The lowest BCUT2D eigenvalue weighted by Crippen LogP contribution is -2.43. The highest BCUT2D eigenvalue weighted by molar-refractivity contribution is 7.89. The van der Waals surface area contributed by atoms with E-state index < -0.39 is 10.0 Å². The molecule has 20 heavy (non-hydrogen) atoms. The summed E-state index contributed by atoms with van der Waals surface area (Å²) in [6, 6.07) is 4.69. The fourth-order valence-corrected chi connectivity index (χ4v) is 3.85. The highest BCUT2D eigenvalue weighted by atomic mass is 35.5. The second kappa shape index (κ2) is 6.02. The average Bonchev–Trinajstić information content (AvgIpc) is 2.36. The fraction of sp³-hybridized carbons (Fsp3) is 0.571. The molecule has 1 aromatic carbocycles. The van der Waals surface area contributed by atoms with Crippen LogP contribution in [0, 0.1) is 5.41 Å². The number of halogens is 1. The standard InChI is InChI=1S/C14H23ClN2O2S/c1-10(14(2,3)4)17(5)20(18,19)13-8-11(9-16)6-7-12(13)15/h6-8,10H,9,16H2,1-5H3. The molecule has 0 radical (unpaired) electrons. The van der Waals surface area contributed by atoms with Crippen LogP contribution in [0.15, 0.2) is 23.1 Å². The van der Waals surface area contributed by atoms with Crippen molar-refractivity contribution in [2.75, 3.05) is 7.05 Å². The van der Waals surface area contributed by atoms with E-state index in [1.54, 1.807) is 25.2 Å². The molecule has 0 aliphatic heterocycles. The zero-order valence-corrected chi connectivity index (χ0v) is 14.2. The van der Waals surface area contributed by atoms with E-state index in [-0.39, 0.29) is 27.9 Å². The Morgan fingerprint density at radius 1 is 1.35 bits per heavy atom.